The first-order chi connectivity index (χ1) is 11.9. The summed E-state index contributed by atoms with van der Waals surface area (Å²) < 4.78 is 4.55. The second kappa shape index (κ2) is 11.3. The summed E-state index contributed by atoms with van der Waals surface area (Å²) in [6.45, 7) is 11.5. The van der Waals surface area contributed by atoms with Crippen LogP contribution in [-0.2, 0) is 16.1 Å². The fraction of sp³-hybridized carbons (Fsp3) is 0.667. The maximum absolute atomic E-state index is 9.60. The first kappa shape index (κ1) is 21.7. The average molecular weight is 349 g/mol. The highest BCUT2D eigenvalue weighted by Crippen LogP contribution is 2.18. The minimum atomic E-state index is -0.318. The molecule has 2 rings (SSSR count). The molecule has 1 aromatic carbocycles. The van der Waals surface area contributed by atoms with Gasteiger partial charge in [-0.15, -0.1) is 0 Å². The van der Waals surface area contributed by atoms with Crippen LogP contribution in [0, 0.1) is 0 Å². The highest BCUT2D eigenvalue weighted by molar-refractivity contribution is 5.37. The van der Waals surface area contributed by atoms with Gasteiger partial charge in [-0.25, -0.2) is 0 Å². The summed E-state index contributed by atoms with van der Waals surface area (Å²) in [6.07, 6.45) is 5.00. The van der Waals surface area contributed by atoms with Crippen molar-refractivity contribution in [3.8, 4) is 0 Å². The Morgan fingerprint density at radius 3 is 2.08 bits per heavy atom. The second-order valence-corrected chi connectivity index (χ2v) is 7.74. The van der Waals surface area contributed by atoms with E-state index in [0.717, 1.165) is 6.54 Å². The number of benzene rings is 1. The average Bonchev–Trinajstić information content (AvgIpc) is 2.60. The van der Waals surface area contributed by atoms with E-state index in [2.05, 4.69) is 59.5 Å². The van der Waals surface area contributed by atoms with Crippen LogP contribution in [0.1, 0.15) is 65.9 Å². The Labute approximate surface area is 153 Å². The number of carbonyl (C=O) groups is 1. The Kier molecular flexibility index (Phi) is 9.76. The molecule has 0 saturated carbocycles. The molecule has 0 spiro atoms. The van der Waals surface area contributed by atoms with Gasteiger partial charge in [0.1, 0.15) is 5.60 Å². The van der Waals surface area contributed by atoms with Gasteiger partial charge >= 0.3 is 0 Å². The van der Waals surface area contributed by atoms with E-state index in [0.29, 0.717) is 24.6 Å². The van der Waals surface area contributed by atoms with Crippen molar-refractivity contribution >= 4 is 6.47 Å². The van der Waals surface area contributed by atoms with Crippen molar-refractivity contribution in [1.29, 1.82) is 0 Å². The van der Waals surface area contributed by atoms with Crippen molar-refractivity contribution in [2.75, 3.05) is 0 Å². The molecule has 1 aliphatic rings. The van der Waals surface area contributed by atoms with Gasteiger partial charge in [-0.3, -0.25) is 4.79 Å². The topological polar surface area (TPSA) is 50.4 Å². The number of rotatable bonds is 6. The van der Waals surface area contributed by atoms with Gasteiger partial charge in [0.05, 0.1) is 0 Å². The molecule has 25 heavy (non-hydrogen) atoms. The predicted molar refractivity (Wildman–Crippen MR) is 104 cm³/mol. The number of ether oxygens (including phenoxy) is 1. The zero-order valence-corrected chi connectivity index (χ0v) is 16.5. The zero-order valence-electron chi connectivity index (χ0n) is 16.5. The Bertz CT molecular complexity index is 459. The lowest BCUT2D eigenvalue weighted by Crippen LogP contribution is -2.50. The summed E-state index contributed by atoms with van der Waals surface area (Å²) in [5.41, 5.74) is 1.07. The van der Waals surface area contributed by atoms with E-state index in [4.69, 9.17) is 0 Å². The van der Waals surface area contributed by atoms with Crippen molar-refractivity contribution in [2.24, 2.45) is 0 Å². The van der Waals surface area contributed by atoms with Crippen LogP contribution in [0.5, 0.6) is 0 Å². The summed E-state index contributed by atoms with van der Waals surface area (Å²) in [5, 5.41) is 7.47. The third-order valence-corrected chi connectivity index (χ3v) is 4.43. The first-order valence-corrected chi connectivity index (χ1v) is 9.52. The van der Waals surface area contributed by atoms with Gasteiger partial charge < -0.3 is 15.4 Å². The van der Waals surface area contributed by atoms with Crippen molar-refractivity contribution in [1.82, 2.24) is 10.6 Å². The maximum Gasteiger partial charge on any atom is 0.293 e. The molecule has 1 heterocycles. The van der Waals surface area contributed by atoms with Gasteiger partial charge in [-0.1, -0.05) is 44.2 Å². The quantitative estimate of drug-likeness (QED) is 0.762. The Balaban J connectivity index is 0.000000381. The fourth-order valence-electron chi connectivity index (χ4n) is 2.99. The van der Waals surface area contributed by atoms with E-state index < -0.39 is 0 Å². The molecule has 4 nitrogen and oxygen atoms in total. The molecule has 0 amide bonds. The van der Waals surface area contributed by atoms with Gasteiger partial charge in [-0.05, 0) is 52.0 Å². The lowest BCUT2D eigenvalue weighted by atomic mass is 9.91. The first-order valence-electron chi connectivity index (χ1n) is 9.52. The van der Waals surface area contributed by atoms with E-state index in [9.17, 15) is 4.79 Å². The van der Waals surface area contributed by atoms with Gasteiger partial charge in [0.2, 0.25) is 0 Å². The third kappa shape index (κ3) is 9.61. The normalized spacial score (nSPS) is 23.3. The van der Waals surface area contributed by atoms with Crippen LogP contribution in [0.3, 0.4) is 0 Å². The third-order valence-electron chi connectivity index (χ3n) is 4.43. The van der Waals surface area contributed by atoms with Crippen LogP contribution in [0.4, 0.5) is 0 Å². The lowest BCUT2D eigenvalue weighted by Gasteiger charge is -2.36. The molecular weight excluding hydrogens is 312 g/mol. The van der Waals surface area contributed by atoms with E-state index in [-0.39, 0.29) is 5.60 Å². The molecule has 1 aliphatic heterocycles. The van der Waals surface area contributed by atoms with Crippen LogP contribution in [0.25, 0.3) is 0 Å². The van der Waals surface area contributed by atoms with E-state index >= 15 is 0 Å². The zero-order chi connectivity index (χ0) is 18.7. The van der Waals surface area contributed by atoms with Crippen molar-refractivity contribution in [2.45, 2.75) is 90.6 Å². The van der Waals surface area contributed by atoms with Crippen LogP contribution in [-0.4, -0.2) is 30.2 Å². The number of piperidine rings is 1. The molecule has 2 unspecified atom stereocenters. The molecule has 2 atom stereocenters. The minimum Gasteiger partial charge on any atom is -0.462 e. The van der Waals surface area contributed by atoms with Crippen molar-refractivity contribution < 1.29 is 9.53 Å². The van der Waals surface area contributed by atoms with Crippen LogP contribution in [0.15, 0.2) is 30.3 Å². The van der Waals surface area contributed by atoms with Gasteiger partial charge in [0.25, 0.3) is 6.47 Å². The molecule has 0 radical (unpaired) electrons. The molecule has 0 aliphatic carbocycles. The molecule has 1 aromatic rings. The smallest absolute Gasteiger partial charge is 0.293 e. The summed E-state index contributed by atoms with van der Waals surface area (Å²) in [4.78, 5) is 9.60. The van der Waals surface area contributed by atoms with E-state index in [1.54, 1.807) is 0 Å². The largest absolute Gasteiger partial charge is 0.462 e. The highest BCUT2D eigenvalue weighted by Gasteiger charge is 2.25. The minimum absolute atomic E-state index is 0.318. The molecule has 4 heteroatoms. The molecule has 0 aromatic heterocycles. The van der Waals surface area contributed by atoms with Crippen molar-refractivity contribution in [3.63, 3.8) is 0 Å². The molecule has 1 fully saturated rings. The number of hydrogen-bond donors (Lipinski definition) is 2. The summed E-state index contributed by atoms with van der Waals surface area (Å²) in [6, 6.07) is 12.8. The van der Waals surface area contributed by atoms with Crippen molar-refractivity contribution in [3.05, 3.63) is 35.9 Å². The molecule has 2 N–H and O–H groups in total. The van der Waals surface area contributed by atoms with Gasteiger partial charge in [0.15, 0.2) is 0 Å². The van der Waals surface area contributed by atoms with Crippen LogP contribution in [0.2, 0.25) is 0 Å². The Morgan fingerprint density at radius 1 is 1.12 bits per heavy atom. The van der Waals surface area contributed by atoms with E-state index in [1.165, 1.54) is 31.2 Å². The Morgan fingerprint density at radius 2 is 1.68 bits per heavy atom. The molecule has 1 saturated heterocycles. The van der Waals surface area contributed by atoms with Gasteiger partial charge in [0, 0.05) is 24.7 Å². The molecule has 0 bridgehead atoms. The summed E-state index contributed by atoms with van der Waals surface area (Å²) in [5.74, 6) is 0. The fourth-order valence-corrected chi connectivity index (χ4v) is 2.99. The number of nitrogens with one attached hydrogen (secondary N) is 2. The number of carbonyl (C=O) groups excluding carboxylic acids is 1. The van der Waals surface area contributed by atoms with Crippen LogP contribution >= 0.6 is 0 Å². The van der Waals surface area contributed by atoms with Crippen LogP contribution < -0.4 is 10.6 Å². The maximum atomic E-state index is 9.60. The van der Waals surface area contributed by atoms with E-state index in [1.807, 2.05) is 20.8 Å². The van der Waals surface area contributed by atoms with Gasteiger partial charge in [-0.2, -0.15) is 0 Å². The monoisotopic (exact) mass is 348 g/mol. The standard InChI is InChI=1S/C16H26N2.C5H10O2/c1-3-14-10-16(11-15(4-2)18-14)17-12-13-8-6-5-7-9-13;1-5(2,3)7-4-6/h5-9,14-18H,3-4,10-12H2,1-2H3;4H,1-3H3. The Hall–Kier alpha value is -1.39. The molecular formula is C21H36N2O2. The highest BCUT2D eigenvalue weighted by atomic mass is 16.5. The number of hydrogen-bond acceptors (Lipinski definition) is 4. The SMILES string of the molecule is CC(C)(C)OC=O.CCC1CC(NCc2ccccc2)CC(CC)N1. The molecule has 142 valence electrons. The summed E-state index contributed by atoms with van der Waals surface area (Å²) >= 11 is 0. The summed E-state index contributed by atoms with van der Waals surface area (Å²) in [7, 11) is 0. The second-order valence-electron chi connectivity index (χ2n) is 7.74. The lowest BCUT2D eigenvalue weighted by molar-refractivity contribution is -0.138. The predicted octanol–water partition coefficient (Wildman–Crippen LogP) is 4.04.